The molecule has 1 heterocycles. The van der Waals surface area contributed by atoms with Crippen molar-refractivity contribution in [2.24, 2.45) is 0 Å². The van der Waals surface area contributed by atoms with E-state index in [2.05, 4.69) is 15.5 Å². The highest BCUT2D eigenvalue weighted by molar-refractivity contribution is 5.31. The summed E-state index contributed by atoms with van der Waals surface area (Å²) in [6, 6.07) is 8.96. The fraction of sp³-hybridized carbons (Fsp3) is 0. The summed E-state index contributed by atoms with van der Waals surface area (Å²) in [6.45, 7) is 0. The number of hydrogen-bond acceptors (Lipinski definition) is 4. The van der Waals surface area contributed by atoms with E-state index in [4.69, 9.17) is 5.11 Å². The molecule has 1 aromatic carbocycles. The topological polar surface area (TPSA) is 63.8 Å². The lowest BCUT2D eigenvalue weighted by atomic mass is 10.3. The number of hydrogen-bond donors (Lipinski definition) is 1. The molecule has 0 radical (unpaired) electrons. The monoisotopic (exact) mass is 162 g/mol. The van der Waals surface area contributed by atoms with Gasteiger partial charge < -0.3 is 5.11 Å². The van der Waals surface area contributed by atoms with Crippen LogP contribution in [0.5, 0.6) is 6.01 Å². The van der Waals surface area contributed by atoms with Crippen molar-refractivity contribution in [3.05, 3.63) is 30.3 Å². The molecule has 0 fully saturated rings. The SMILES string of the molecule is Oc1nnnn1-c1ccccc1. The van der Waals surface area contributed by atoms with Crippen molar-refractivity contribution in [1.29, 1.82) is 0 Å². The van der Waals surface area contributed by atoms with Crippen LogP contribution in [-0.4, -0.2) is 25.3 Å². The molecule has 0 aliphatic heterocycles. The Morgan fingerprint density at radius 1 is 1.17 bits per heavy atom. The van der Waals surface area contributed by atoms with Gasteiger partial charge in [-0.2, -0.15) is 4.68 Å². The standard InChI is InChI=1S/C7H6N4O/c12-7-8-9-10-11(7)6-4-2-1-3-5-6/h1-5H,(H,8,10,12). The van der Waals surface area contributed by atoms with E-state index in [1.807, 2.05) is 18.2 Å². The zero-order chi connectivity index (χ0) is 8.39. The molecule has 0 bridgehead atoms. The fourth-order valence-corrected chi connectivity index (χ4v) is 0.919. The van der Waals surface area contributed by atoms with Crippen molar-refractivity contribution in [2.75, 3.05) is 0 Å². The first-order valence-corrected chi connectivity index (χ1v) is 3.41. The summed E-state index contributed by atoms with van der Waals surface area (Å²) in [7, 11) is 0. The van der Waals surface area contributed by atoms with E-state index in [1.165, 1.54) is 4.68 Å². The lowest BCUT2D eigenvalue weighted by Crippen LogP contribution is -1.94. The average Bonchev–Trinajstić information content (AvgIpc) is 2.53. The number of tetrazole rings is 1. The molecule has 1 N–H and O–H groups in total. The highest BCUT2D eigenvalue weighted by atomic mass is 16.3. The molecule has 2 aromatic rings. The Morgan fingerprint density at radius 2 is 1.92 bits per heavy atom. The van der Waals surface area contributed by atoms with Crippen molar-refractivity contribution >= 4 is 0 Å². The van der Waals surface area contributed by atoms with Crippen LogP contribution in [0.25, 0.3) is 5.69 Å². The van der Waals surface area contributed by atoms with Crippen LogP contribution in [0.1, 0.15) is 0 Å². The number of aromatic hydroxyl groups is 1. The van der Waals surface area contributed by atoms with Gasteiger partial charge in [-0.15, -0.1) is 0 Å². The second-order valence-corrected chi connectivity index (χ2v) is 2.23. The molecule has 0 atom stereocenters. The second-order valence-electron chi connectivity index (χ2n) is 2.23. The molecule has 0 spiro atoms. The predicted molar refractivity (Wildman–Crippen MR) is 40.8 cm³/mol. The first kappa shape index (κ1) is 6.78. The van der Waals surface area contributed by atoms with Gasteiger partial charge in [0, 0.05) is 0 Å². The molecule has 5 nitrogen and oxygen atoms in total. The van der Waals surface area contributed by atoms with Crippen LogP contribution in [0, 0.1) is 0 Å². The summed E-state index contributed by atoms with van der Waals surface area (Å²) in [5.74, 6) is 0. The fourth-order valence-electron chi connectivity index (χ4n) is 0.919. The highest BCUT2D eigenvalue weighted by Crippen LogP contribution is 2.09. The number of rotatable bonds is 1. The molecule has 0 unspecified atom stereocenters. The Balaban J connectivity index is 2.51. The van der Waals surface area contributed by atoms with Gasteiger partial charge in [0.05, 0.1) is 5.69 Å². The molecular weight excluding hydrogens is 156 g/mol. The van der Waals surface area contributed by atoms with Gasteiger partial charge in [0.15, 0.2) is 0 Å². The minimum Gasteiger partial charge on any atom is -0.478 e. The van der Waals surface area contributed by atoms with Gasteiger partial charge in [-0.25, -0.2) is 0 Å². The van der Waals surface area contributed by atoms with Crippen LogP contribution in [-0.2, 0) is 0 Å². The van der Waals surface area contributed by atoms with E-state index in [9.17, 15) is 0 Å². The van der Waals surface area contributed by atoms with Gasteiger partial charge in [0.25, 0.3) is 0 Å². The van der Waals surface area contributed by atoms with Gasteiger partial charge in [-0.1, -0.05) is 23.3 Å². The van der Waals surface area contributed by atoms with Crippen LogP contribution in [0.15, 0.2) is 30.3 Å². The van der Waals surface area contributed by atoms with E-state index in [1.54, 1.807) is 12.1 Å². The molecule has 0 aliphatic rings. The average molecular weight is 162 g/mol. The molecule has 0 amide bonds. The minimum atomic E-state index is -0.207. The van der Waals surface area contributed by atoms with Crippen molar-refractivity contribution in [3.8, 4) is 11.7 Å². The maximum Gasteiger partial charge on any atom is 0.337 e. The molecule has 0 aliphatic carbocycles. The minimum absolute atomic E-state index is 0.207. The molecule has 5 heteroatoms. The van der Waals surface area contributed by atoms with E-state index in [-0.39, 0.29) is 6.01 Å². The van der Waals surface area contributed by atoms with Crippen LogP contribution in [0.4, 0.5) is 0 Å². The third-order valence-electron chi connectivity index (χ3n) is 1.45. The Kier molecular flexibility index (Phi) is 1.48. The maximum absolute atomic E-state index is 9.13. The van der Waals surface area contributed by atoms with E-state index in [0.717, 1.165) is 5.69 Å². The van der Waals surface area contributed by atoms with Gasteiger partial charge in [-0.3, -0.25) is 0 Å². The zero-order valence-corrected chi connectivity index (χ0v) is 6.12. The smallest absolute Gasteiger partial charge is 0.337 e. The van der Waals surface area contributed by atoms with Crippen molar-refractivity contribution in [3.63, 3.8) is 0 Å². The van der Waals surface area contributed by atoms with E-state index in [0.29, 0.717) is 0 Å². The predicted octanol–water partition coefficient (Wildman–Crippen LogP) is 0.368. The van der Waals surface area contributed by atoms with Crippen LogP contribution >= 0.6 is 0 Å². The third-order valence-corrected chi connectivity index (χ3v) is 1.45. The zero-order valence-electron chi connectivity index (χ0n) is 6.12. The van der Waals surface area contributed by atoms with Gasteiger partial charge >= 0.3 is 6.01 Å². The van der Waals surface area contributed by atoms with E-state index < -0.39 is 0 Å². The number of aromatic nitrogens is 4. The van der Waals surface area contributed by atoms with Gasteiger partial charge in [0.2, 0.25) is 0 Å². The van der Waals surface area contributed by atoms with Crippen LogP contribution < -0.4 is 0 Å². The number of benzene rings is 1. The van der Waals surface area contributed by atoms with Crippen molar-refractivity contribution in [2.45, 2.75) is 0 Å². The first-order valence-electron chi connectivity index (χ1n) is 3.41. The van der Waals surface area contributed by atoms with E-state index >= 15 is 0 Å². The molecule has 12 heavy (non-hydrogen) atoms. The lowest BCUT2D eigenvalue weighted by molar-refractivity contribution is 0.415. The van der Waals surface area contributed by atoms with Gasteiger partial charge in [-0.05, 0) is 22.6 Å². The van der Waals surface area contributed by atoms with Crippen LogP contribution in [0.3, 0.4) is 0 Å². The lowest BCUT2D eigenvalue weighted by Gasteiger charge is -1.97. The Morgan fingerprint density at radius 3 is 2.50 bits per heavy atom. The number of nitrogens with zero attached hydrogens (tertiary/aromatic N) is 4. The van der Waals surface area contributed by atoms with Crippen molar-refractivity contribution in [1.82, 2.24) is 20.2 Å². The Labute approximate surface area is 68.3 Å². The molecule has 0 saturated carbocycles. The molecular formula is C7H6N4O. The molecule has 2 rings (SSSR count). The maximum atomic E-state index is 9.13. The van der Waals surface area contributed by atoms with Crippen LogP contribution in [0.2, 0.25) is 0 Å². The molecule has 1 aromatic heterocycles. The second kappa shape index (κ2) is 2.61. The summed E-state index contributed by atoms with van der Waals surface area (Å²) in [5, 5.41) is 19.4. The Hall–Kier alpha value is -1.91. The normalized spacial score (nSPS) is 10.0. The summed E-state index contributed by atoms with van der Waals surface area (Å²) in [5.41, 5.74) is 0.736. The summed E-state index contributed by atoms with van der Waals surface area (Å²) < 4.78 is 1.25. The molecule has 0 saturated heterocycles. The number of para-hydroxylation sites is 1. The Bertz CT molecular complexity index is 370. The highest BCUT2D eigenvalue weighted by Gasteiger charge is 2.03. The largest absolute Gasteiger partial charge is 0.478 e. The quantitative estimate of drug-likeness (QED) is 0.657. The van der Waals surface area contributed by atoms with Crippen molar-refractivity contribution < 1.29 is 5.11 Å². The molecule has 60 valence electrons. The summed E-state index contributed by atoms with van der Waals surface area (Å²) in [6.07, 6.45) is 0. The summed E-state index contributed by atoms with van der Waals surface area (Å²) in [4.78, 5) is 0. The van der Waals surface area contributed by atoms with Gasteiger partial charge in [0.1, 0.15) is 0 Å². The third kappa shape index (κ3) is 1.01. The summed E-state index contributed by atoms with van der Waals surface area (Å²) >= 11 is 0. The first-order chi connectivity index (χ1) is 5.88.